The van der Waals surface area contributed by atoms with Gasteiger partial charge in [0.25, 0.3) is 0 Å². The van der Waals surface area contributed by atoms with E-state index in [4.69, 9.17) is 0 Å². The molecule has 74 valence electrons. The standard InChI is InChI=1S/C13H22/c1-9-4-2-3-5-11(9)13-8-12(13)10-6-7-10/h9-13H,2-8H2,1H3. The van der Waals surface area contributed by atoms with Gasteiger partial charge in [0.1, 0.15) is 0 Å². The lowest BCUT2D eigenvalue weighted by Gasteiger charge is -2.29. The van der Waals surface area contributed by atoms with E-state index in [1.54, 1.807) is 25.7 Å². The van der Waals surface area contributed by atoms with Crippen molar-refractivity contribution >= 4 is 0 Å². The highest BCUT2D eigenvalue weighted by molar-refractivity contribution is 5.00. The molecule has 0 aromatic carbocycles. The van der Waals surface area contributed by atoms with Crippen molar-refractivity contribution in [3.8, 4) is 0 Å². The van der Waals surface area contributed by atoms with E-state index in [9.17, 15) is 0 Å². The summed E-state index contributed by atoms with van der Waals surface area (Å²) >= 11 is 0. The first-order valence-electron chi connectivity index (χ1n) is 6.36. The SMILES string of the molecule is CC1CCCCC1C1CC1C1CC1. The van der Waals surface area contributed by atoms with Crippen LogP contribution in [0, 0.1) is 29.6 Å². The molecule has 4 atom stereocenters. The van der Waals surface area contributed by atoms with E-state index in [-0.39, 0.29) is 0 Å². The van der Waals surface area contributed by atoms with Crippen LogP contribution in [0.25, 0.3) is 0 Å². The maximum atomic E-state index is 2.51. The van der Waals surface area contributed by atoms with Crippen molar-refractivity contribution in [3.63, 3.8) is 0 Å². The topological polar surface area (TPSA) is 0 Å². The van der Waals surface area contributed by atoms with Crippen LogP contribution >= 0.6 is 0 Å². The first-order chi connectivity index (χ1) is 6.36. The fourth-order valence-corrected chi connectivity index (χ4v) is 3.78. The van der Waals surface area contributed by atoms with E-state index in [1.165, 1.54) is 37.0 Å². The zero-order valence-corrected chi connectivity index (χ0v) is 8.84. The van der Waals surface area contributed by atoms with Crippen LogP contribution in [0.4, 0.5) is 0 Å². The second kappa shape index (κ2) is 3.00. The Kier molecular flexibility index (Phi) is 1.92. The molecule has 0 aromatic rings. The molecule has 3 fully saturated rings. The highest BCUT2D eigenvalue weighted by atomic mass is 14.6. The lowest BCUT2D eigenvalue weighted by atomic mass is 9.77. The minimum Gasteiger partial charge on any atom is -0.0622 e. The normalized spacial score (nSPS) is 50.5. The van der Waals surface area contributed by atoms with Crippen molar-refractivity contribution in [2.45, 2.75) is 51.9 Å². The Balaban J connectivity index is 1.58. The van der Waals surface area contributed by atoms with Crippen molar-refractivity contribution < 1.29 is 0 Å². The second-order valence-electron chi connectivity index (χ2n) is 5.83. The average molecular weight is 178 g/mol. The molecule has 0 radical (unpaired) electrons. The van der Waals surface area contributed by atoms with Gasteiger partial charge in [0.15, 0.2) is 0 Å². The molecule has 0 aliphatic heterocycles. The molecule has 0 heterocycles. The summed E-state index contributed by atoms with van der Waals surface area (Å²) < 4.78 is 0. The van der Waals surface area contributed by atoms with Crippen LogP contribution in [-0.2, 0) is 0 Å². The summed E-state index contributed by atoms with van der Waals surface area (Å²) in [4.78, 5) is 0. The van der Waals surface area contributed by atoms with Crippen LogP contribution in [0.1, 0.15) is 51.9 Å². The molecule has 13 heavy (non-hydrogen) atoms. The minimum atomic E-state index is 1.06. The van der Waals surface area contributed by atoms with Gasteiger partial charge in [0.05, 0.1) is 0 Å². The highest BCUT2D eigenvalue weighted by Gasteiger charge is 2.51. The van der Waals surface area contributed by atoms with Gasteiger partial charge in [-0.15, -0.1) is 0 Å². The number of hydrogen-bond acceptors (Lipinski definition) is 0. The fraction of sp³-hybridized carbons (Fsp3) is 1.00. The number of hydrogen-bond donors (Lipinski definition) is 0. The Bertz CT molecular complexity index is 192. The Labute approximate surface area is 82.1 Å². The van der Waals surface area contributed by atoms with Crippen molar-refractivity contribution in [3.05, 3.63) is 0 Å². The summed E-state index contributed by atoms with van der Waals surface area (Å²) in [6.45, 7) is 2.51. The van der Waals surface area contributed by atoms with Gasteiger partial charge in [0, 0.05) is 0 Å². The monoisotopic (exact) mass is 178 g/mol. The quantitative estimate of drug-likeness (QED) is 0.602. The summed E-state index contributed by atoms with van der Waals surface area (Å²) in [6, 6.07) is 0. The van der Waals surface area contributed by atoms with Gasteiger partial charge >= 0.3 is 0 Å². The van der Waals surface area contributed by atoms with Crippen molar-refractivity contribution in [1.82, 2.24) is 0 Å². The molecule has 3 aliphatic rings. The van der Waals surface area contributed by atoms with Gasteiger partial charge in [-0.25, -0.2) is 0 Å². The summed E-state index contributed by atoms with van der Waals surface area (Å²) in [6.07, 6.45) is 10.9. The molecule has 4 unspecified atom stereocenters. The minimum absolute atomic E-state index is 1.06. The van der Waals surface area contributed by atoms with Crippen LogP contribution in [0.5, 0.6) is 0 Å². The Morgan fingerprint density at radius 3 is 2.23 bits per heavy atom. The zero-order chi connectivity index (χ0) is 8.84. The van der Waals surface area contributed by atoms with Gasteiger partial charge in [-0.2, -0.15) is 0 Å². The molecular formula is C13H22. The Morgan fingerprint density at radius 2 is 1.54 bits per heavy atom. The first-order valence-corrected chi connectivity index (χ1v) is 6.36. The molecule has 0 heteroatoms. The van der Waals surface area contributed by atoms with Gasteiger partial charge in [-0.3, -0.25) is 0 Å². The average Bonchev–Trinajstić information content (AvgIpc) is 3.00. The molecule has 0 amide bonds. The maximum Gasteiger partial charge on any atom is -0.0349 e. The first kappa shape index (κ1) is 8.32. The molecule has 3 rings (SSSR count). The predicted octanol–water partition coefficient (Wildman–Crippen LogP) is 3.86. The van der Waals surface area contributed by atoms with E-state index in [0.717, 1.165) is 11.8 Å². The summed E-state index contributed by atoms with van der Waals surface area (Å²) in [5.41, 5.74) is 0. The van der Waals surface area contributed by atoms with Crippen molar-refractivity contribution in [1.29, 1.82) is 0 Å². The van der Waals surface area contributed by atoms with E-state index in [2.05, 4.69) is 6.92 Å². The molecule has 0 saturated heterocycles. The third-order valence-corrected chi connectivity index (χ3v) is 4.85. The van der Waals surface area contributed by atoms with Crippen LogP contribution < -0.4 is 0 Å². The molecule has 0 N–H and O–H groups in total. The Hall–Kier alpha value is 0. The molecule has 0 nitrogen and oxygen atoms in total. The molecule has 3 aliphatic carbocycles. The van der Waals surface area contributed by atoms with Crippen LogP contribution in [0.2, 0.25) is 0 Å². The van der Waals surface area contributed by atoms with E-state index in [0.29, 0.717) is 0 Å². The van der Waals surface area contributed by atoms with Gasteiger partial charge in [0.2, 0.25) is 0 Å². The third-order valence-electron chi connectivity index (χ3n) is 4.85. The summed E-state index contributed by atoms with van der Waals surface area (Å²) in [5, 5.41) is 0. The predicted molar refractivity (Wildman–Crippen MR) is 55.4 cm³/mol. The highest BCUT2D eigenvalue weighted by Crippen LogP contribution is 2.60. The van der Waals surface area contributed by atoms with Gasteiger partial charge in [-0.1, -0.05) is 26.2 Å². The molecule has 0 spiro atoms. The van der Waals surface area contributed by atoms with Gasteiger partial charge in [-0.05, 0) is 55.3 Å². The molecule has 0 bridgehead atoms. The van der Waals surface area contributed by atoms with E-state index in [1.807, 2.05) is 0 Å². The maximum absolute atomic E-state index is 2.51. The molecule has 3 saturated carbocycles. The van der Waals surface area contributed by atoms with E-state index < -0.39 is 0 Å². The lowest BCUT2D eigenvalue weighted by Crippen LogP contribution is -2.19. The third kappa shape index (κ3) is 1.53. The molecule has 0 aromatic heterocycles. The van der Waals surface area contributed by atoms with Crippen LogP contribution in [0.15, 0.2) is 0 Å². The second-order valence-corrected chi connectivity index (χ2v) is 5.83. The van der Waals surface area contributed by atoms with E-state index >= 15 is 0 Å². The number of rotatable bonds is 2. The van der Waals surface area contributed by atoms with Crippen LogP contribution in [0.3, 0.4) is 0 Å². The van der Waals surface area contributed by atoms with Crippen molar-refractivity contribution in [2.75, 3.05) is 0 Å². The zero-order valence-electron chi connectivity index (χ0n) is 8.84. The smallest absolute Gasteiger partial charge is 0.0349 e. The lowest BCUT2D eigenvalue weighted by molar-refractivity contribution is 0.216. The Morgan fingerprint density at radius 1 is 0.769 bits per heavy atom. The van der Waals surface area contributed by atoms with Crippen LogP contribution in [-0.4, -0.2) is 0 Å². The largest absolute Gasteiger partial charge is 0.0622 e. The van der Waals surface area contributed by atoms with Crippen molar-refractivity contribution in [2.24, 2.45) is 29.6 Å². The summed E-state index contributed by atoms with van der Waals surface area (Å²) in [5.74, 6) is 5.77. The van der Waals surface area contributed by atoms with Gasteiger partial charge < -0.3 is 0 Å². The molecular weight excluding hydrogens is 156 g/mol. The summed E-state index contributed by atoms with van der Waals surface area (Å²) in [7, 11) is 0. The fourth-order valence-electron chi connectivity index (χ4n) is 3.78.